The molecule has 0 amide bonds. The highest BCUT2D eigenvalue weighted by Crippen LogP contribution is 2.24. The van der Waals surface area contributed by atoms with E-state index >= 15 is 0 Å². The fourth-order valence-electron chi connectivity index (χ4n) is 2.78. The summed E-state index contributed by atoms with van der Waals surface area (Å²) in [5.74, 6) is 0.658. The Morgan fingerprint density at radius 1 is 1.33 bits per heavy atom. The molecule has 0 aromatic heterocycles. The molecule has 2 N–H and O–H groups in total. The topological polar surface area (TPSA) is 32.5 Å². The zero-order chi connectivity index (χ0) is 13.1. The molecule has 0 saturated carbocycles. The molecule has 1 saturated heterocycles. The Morgan fingerprint density at radius 3 is 2.78 bits per heavy atom. The highest BCUT2D eigenvalue weighted by atomic mass is 79.9. The SMILES string of the molecule is CC1CN(C)CC(CN)N(c2cccc(Br)c2)C1. The van der Waals surface area contributed by atoms with Gasteiger partial charge in [-0.2, -0.15) is 0 Å². The van der Waals surface area contributed by atoms with E-state index in [4.69, 9.17) is 5.73 Å². The lowest BCUT2D eigenvalue weighted by molar-refractivity contribution is 0.304. The van der Waals surface area contributed by atoms with Gasteiger partial charge in [0.15, 0.2) is 0 Å². The molecular weight excluding hydrogens is 290 g/mol. The lowest BCUT2D eigenvalue weighted by Crippen LogP contribution is -2.45. The van der Waals surface area contributed by atoms with Gasteiger partial charge in [0.05, 0.1) is 6.04 Å². The van der Waals surface area contributed by atoms with Gasteiger partial charge < -0.3 is 15.5 Å². The molecule has 1 aromatic rings. The number of nitrogens with zero attached hydrogens (tertiary/aromatic N) is 2. The van der Waals surface area contributed by atoms with Gasteiger partial charge >= 0.3 is 0 Å². The van der Waals surface area contributed by atoms with Crippen molar-refractivity contribution in [2.75, 3.05) is 38.1 Å². The lowest BCUT2D eigenvalue weighted by Gasteiger charge is -2.32. The molecule has 1 heterocycles. The van der Waals surface area contributed by atoms with Gasteiger partial charge in [-0.25, -0.2) is 0 Å². The third kappa shape index (κ3) is 3.25. The first-order valence-corrected chi connectivity index (χ1v) is 7.30. The Labute approximate surface area is 118 Å². The van der Waals surface area contributed by atoms with Crippen molar-refractivity contribution < 1.29 is 0 Å². The van der Waals surface area contributed by atoms with Crippen LogP contribution in [0.3, 0.4) is 0 Å². The number of anilines is 1. The first-order chi connectivity index (χ1) is 8.60. The molecule has 0 spiro atoms. The maximum Gasteiger partial charge on any atom is 0.0539 e. The fraction of sp³-hybridized carbons (Fsp3) is 0.571. The maximum absolute atomic E-state index is 5.97. The first-order valence-electron chi connectivity index (χ1n) is 6.51. The minimum Gasteiger partial charge on any atom is -0.366 e. The third-order valence-electron chi connectivity index (χ3n) is 3.51. The van der Waals surface area contributed by atoms with Crippen LogP contribution in [0.25, 0.3) is 0 Å². The molecular formula is C14H22BrN3. The van der Waals surface area contributed by atoms with Gasteiger partial charge in [0, 0.05) is 36.3 Å². The summed E-state index contributed by atoms with van der Waals surface area (Å²) in [6.45, 7) is 6.25. The quantitative estimate of drug-likeness (QED) is 0.908. The number of hydrogen-bond donors (Lipinski definition) is 1. The second-order valence-electron chi connectivity index (χ2n) is 5.35. The van der Waals surface area contributed by atoms with Crippen LogP contribution in [-0.4, -0.2) is 44.2 Å². The smallest absolute Gasteiger partial charge is 0.0539 e. The summed E-state index contributed by atoms with van der Waals surface area (Å²) in [6.07, 6.45) is 0. The van der Waals surface area contributed by atoms with E-state index < -0.39 is 0 Å². The third-order valence-corrected chi connectivity index (χ3v) is 4.00. The van der Waals surface area contributed by atoms with Crippen molar-refractivity contribution in [1.29, 1.82) is 0 Å². The molecule has 2 unspecified atom stereocenters. The van der Waals surface area contributed by atoms with Crippen LogP contribution in [0.5, 0.6) is 0 Å². The number of rotatable bonds is 2. The van der Waals surface area contributed by atoms with Crippen molar-refractivity contribution in [3.63, 3.8) is 0 Å². The molecule has 4 heteroatoms. The van der Waals surface area contributed by atoms with Crippen molar-refractivity contribution in [3.8, 4) is 0 Å². The largest absolute Gasteiger partial charge is 0.366 e. The van der Waals surface area contributed by atoms with E-state index in [1.807, 2.05) is 0 Å². The molecule has 0 radical (unpaired) electrons. The Balaban J connectivity index is 2.27. The molecule has 1 fully saturated rings. The van der Waals surface area contributed by atoms with Gasteiger partial charge in [-0.05, 0) is 31.2 Å². The molecule has 2 atom stereocenters. The molecule has 2 rings (SSSR count). The summed E-state index contributed by atoms with van der Waals surface area (Å²) in [5, 5.41) is 0. The molecule has 1 aliphatic heterocycles. The van der Waals surface area contributed by atoms with E-state index in [-0.39, 0.29) is 0 Å². The second-order valence-corrected chi connectivity index (χ2v) is 6.26. The zero-order valence-electron chi connectivity index (χ0n) is 11.1. The molecule has 0 bridgehead atoms. The summed E-state index contributed by atoms with van der Waals surface area (Å²) < 4.78 is 1.13. The average Bonchev–Trinajstić information content (AvgIpc) is 2.47. The second kappa shape index (κ2) is 6.04. The van der Waals surface area contributed by atoms with Crippen LogP contribution < -0.4 is 10.6 Å². The summed E-state index contributed by atoms with van der Waals surface area (Å²) in [7, 11) is 2.18. The van der Waals surface area contributed by atoms with Crippen LogP contribution in [0, 0.1) is 5.92 Å². The minimum atomic E-state index is 0.397. The van der Waals surface area contributed by atoms with E-state index in [1.165, 1.54) is 5.69 Å². The summed E-state index contributed by atoms with van der Waals surface area (Å²) >= 11 is 3.55. The summed E-state index contributed by atoms with van der Waals surface area (Å²) in [5.41, 5.74) is 7.23. The monoisotopic (exact) mass is 311 g/mol. The predicted molar refractivity (Wildman–Crippen MR) is 81.0 cm³/mol. The predicted octanol–water partition coefficient (Wildman–Crippen LogP) is 2.16. The van der Waals surface area contributed by atoms with Crippen molar-refractivity contribution >= 4 is 21.6 Å². The summed E-state index contributed by atoms with van der Waals surface area (Å²) in [6, 6.07) is 8.90. The van der Waals surface area contributed by atoms with Crippen molar-refractivity contribution in [1.82, 2.24) is 4.90 Å². The van der Waals surface area contributed by atoms with Crippen LogP contribution in [0.15, 0.2) is 28.7 Å². The van der Waals surface area contributed by atoms with Gasteiger partial charge in [0.25, 0.3) is 0 Å². The van der Waals surface area contributed by atoms with Crippen LogP contribution in [0.2, 0.25) is 0 Å². The molecule has 18 heavy (non-hydrogen) atoms. The maximum atomic E-state index is 5.97. The van der Waals surface area contributed by atoms with Crippen LogP contribution >= 0.6 is 15.9 Å². The van der Waals surface area contributed by atoms with Gasteiger partial charge in [0.2, 0.25) is 0 Å². The van der Waals surface area contributed by atoms with Gasteiger partial charge in [-0.3, -0.25) is 0 Å². The Bertz CT molecular complexity index is 396. The Kier molecular flexibility index (Phi) is 4.65. The minimum absolute atomic E-state index is 0.397. The number of nitrogens with two attached hydrogens (primary N) is 1. The normalized spacial score (nSPS) is 26.1. The van der Waals surface area contributed by atoms with Crippen molar-refractivity contribution in [3.05, 3.63) is 28.7 Å². The lowest BCUT2D eigenvalue weighted by atomic mass is 10.1. The molecule has 1 aliphatic rings. The molecule has 3 nitrogen and oxygen atoms in total. The Morgan fingerprint density at radius 2 is 2.11 bits per heavy atom. The number of benzene rings is 1. The standard InChI is InChI=1S/C14H22BrN3/c1-11-8-17(2)10-14(7-16)18(9-11)13-5-3-4-12(15)6-13/h3-6,11,14H,7-10,16H2,1-2H3. The van der Waals surface area contributed by atoms with E-state index in [1.54, 1.807) is 0 Å². The zero-order valence-corrected chi connectivity index (χ0v) is 12.7. The number of halogens is 1. The van der Waals surface area contributed by atoms with Crippen LogP contribution in [-0.2, 0) is 0 Å². The van der Waals surface area contributed by atoms with E-state index in [0.29, 0.717) is 18.5 Å². The van der Waals surface area contributed by atoms with Crippen molar-refractivity contribution in [2.24, 2.45) is 11.7 Å². The number of hydrogen-bond acceptors (Lipinski definition) is 3. The van der Waals surface area contributed by atoms with E-state index in [9.17, 15) is 0 Å². The summed E-state index contributed by atoms with van der Waals surface area (Å²) in [4.78, 5) is 4.85. The average molecular weight is 312 g/mol. The molecule has 1 aromatic carbocycles. The van der Waals surface area contributed by atoms with Crippen molar-refractivity contribution in [2.45, 2.75) is 13.0 Å². The van der Waals surface area contributed by atoms with E-state index in [2.05, 4.69) is 64.0 Å². The highest BCUT2D eigenvalue weighted by Gasteiger charge is 2.25. The highest BCUT2D eigenvalue weighted by molar-refractivity contribution is 9.10. The van der Waals surface area contributed by atoms with Crippen LogP contribution in [0.1, 0.15) is 6.92 Å². The van der Waals surface area contributed by atoms with E-state index in [0.717, 1.165) is 24.1 Å². The van der Waals surface area contributed by atoms with Gasteiger partial charge in [0.1, 0.15) is 0 Å². The van der Waals surface area contributed by atoms with Gasteiger partial charge in [-0.1, -0.05) is 28.9 Å². The molecule has 100 valence electrons. The van der Waals surface area contributed by atoms with Gasteiger partial charge in [-0.15, -0.1) is 0 Å². The first kappa shape index (κ1) is 13.8. The molecule has 0 aliphatic carbocycles. The van der Waals surface area contributed by atoms with Crippen LogP contribution in [0.4, 0.5) is 5.69 Å². The number of likely N-dealkylation sites (N-methyl/N-ethyl adjacent to an activating group) is 1. The fourth-order valence-corrected chi connectivity index (χ4v) is 3.17. The Hall–Kier alpha value is -0.580.